The van der Waals surface area contributed by atoms with Crippen molar-refractivity contribution in [2.45, 2.75) is 31.7 Å². The maximum absolute atomic E-state index is 10.6. The Kier molecular flexibility index (Phi) is 1.68. The summed E-state index contributed by atoms with van der Waals surface area (Å²) in [6.07, 6.45) is 2.50. The second kappa shape index (κ2) is 2.23. The van der Waals surface area contributed by atoms with Crippen LogP contribution in [0.15, 0.2) is 0 Å². The van der Waals surface area contributed by atoms with Gasteiger partial charge in [-0.15, -0.1) is 0 Å². The van der Waals surface area contributed by atoms with Crippen molar-refractivity contribution in [3.63, 3.8) is 0 Å². The van der Waals surface area contributed by atoms with Crippen molar-refractivity contribution in [2.24, 2.45) is 11.7 Å². The first-order chi connectivity index (χ1) is 4.61. The summed E-state index contributed by atoms with van der Waals surface area (Å²) in [5, 5.41) is 8.72. The van der Waals surface area contributed by atoms with Crippen LogP contribution in [0.2, 0.25) is 0 Å². The third-order valence-electron chi connectivity index (χ3n) is 2.29. The summed E-state index contributed by atoms with van der Waals surface area (Å²) in [6, 6.07) is 0. The van der Waals surface area contributed by atoms with Gasteiger partial charge in [-0.2, -0.15) is 0 Å². The fraction of sp³-hybridized carbons (Fsp3) is 0.857. The van der Waals surface area contributed by atoms with E-state index in [1.54, 1.807) is 0 Å². The highest BCUT2D eigenvalue weighted by Gasteiger charge is 2.46. The van der Waals surface area contributed by atoms with E-state index in [0.29, 0.717) is 6.42 Å². The van der Waals surface area contributed by atoms with Gasteiger partial charge in [0, 0.05) is 0 Å². The zero-order valence-corrected chi connectivity index (χ0v) is 6.13. The minimum absolute atomic E-state index is 0.231. The fourth-order valence-corrected chi connectivity index (χ4v) is 1.21. The molecule has 0 saturated heterocycles. The molecule has 1 aliphatic carbocycles. The van der Waals surface area contributed by atoms with Crippen molar-refractivity contribution >= 4 is 5.97 Å². The quantitative estimate of drug-likeness (QED) is 0.607. The first kappa shape index (κ1) is 7.54. The van der Waals surface area contributed by atoms with Crippen LogP contribution in [0.4, 0.5) is 0 Å². The van der Waals surface area contributed by atoms with E-state index in [9.17, 15) is 4.79 Å². The smallest absolute Gasteiger partial charge is 0.323 e. The second-order valence-electron chi connectivity index (χ2n) is 2.97. The van der Waals surface area contributed by atoms with E-state index in [2.05, 4.69) is 0 Å². The van der Waals surface area contributed by atoms with E-state index in [4.69, 9.17) is 10.8 Å². The Balaban J connectivity index is 2.65. The molecule has 58 valence electrons. The Morgan fingerprint density at radius 1 is 1.80 bits per heavy atom. The number of nitrogens with two attached hydrogens (primary N) is 1. The predicted octanol–water partition coefficient (Wildman–Crippen LogP) is 0.588. The van der Waals surface area contributed by atoms with Crippen LogP contribution in [-0.4, -0.2) is 16.6 Å². The molecular formula is C7H13NO2. The topological polar surface area (TPSA) is 63.3 Å². The highest BCUT2D eigenvalue weighted by atomic mass is 16.4. The predicted molar refractivity (Wildman–Crippen MR) is 37.6 cm³/mol. The summed E-state index contributed by atoms with van der Waals surface area (Å²) in [5.74, 6) is -0.618. The van der Waals surface area contributed by atoms with Gasteiger partial charge in [0.25, 0.3) is 0 Å². The third-order valence-corrected chi connectivity index (χ3v) is 2.29. The summed E-state index contributed by atoms with van der Waals surface area (Å²) in [5.41, 5.74) is 4.72. The average Bonchev–Trinajstić information content (AvgIpc) is 2.67. The number of aliphatic carboxylic acids is 1. The van der Waals surface area contributed by atoms with Crippen molar-refractivity contribution in [1.82, 2.24) is 0 Å². The van der Waals surface area contributed by atoms with Crippen molar-refractivity contribution in [3.05, 3.63) is 0 Å². The number of rotatable bonds is 3. The van der Waals surface area contributed by atoms with E-state index in [1.807, 2.05) is 6.92 Å². The molecule has 1 unspecified atom stereocenters. The SMILES string of the molecule is CCC(N)(C(=O)O)C1CC1. The van der Waals surface area contributed by atoms with Gasteiger partial charge in [0.1, 0.15) is 5.54 Å². The molecule has 0 aromatic carbocycles. The zero-order valence-electron chi connectivity index (χ0n) is 6.13. The molecule has 0 radical (unpaired) electrons. The molecule has 3 nitrogen and oxygen atoms in total. The van der Waals surface area contributed by atoms with Crippen molar-refractivity contribution in [1.29, 1.82) is 0 Å². The van der Waals surface area contributed by atoms with Crippen LogP contribution in [-0.2, 0) is 4.79 Å². The maximum atomic E-state index is 10.6. The first-order valence-corrected chi connectivity index (χ1v) is 3.63. The van der Waals surface area contributed by atoms with Gasteiger partial charge >= 0.3 is 5.97 Å². The van der Waals surface area contributed by atoms with E-state index in [0.717, 1.165) is 12.8 Å². The second-order valence-corrected chi connectivity index (χ2v) is 2.97. The molecule has 1 rings (SSSR count). The zero-order chi connectivity index (χ0) is 7.78. The Morgan fingerprint density at radius 3 is 2.40 bits per heavy atom. The van der Waals surface area contributed by atoms with Crippen molar-refractivity contribution in [3.8, 4) is 0 Å². The van der Waals surface area contributed by atoms with Crippen molar-refractivity contribution in [2.75, 3.05) is 0 Å². The van der Waals surface area contributed by atoms with Crippen molar-refractivity contribution < 1.29 is 9.90 Å². The molecule has 0 spiro atoms. The minimum atomic E-state index is -0.931. The normalized spacial score (nSPS) is 23.8. The van der Waals surface area contributed by atoms with E-state index in [-0.39, 0.29) is 5.92 Å². The van der Waals surface area contributed by atoms with Gasteiger partial charge in [-0.3, -0.25) is 4.79 Å². The molecule has 10 heavy (non-hydrogen) atoms. The lowest BCUT2D eigenvalue weighted by molar-refractivity contribution is -0.144. The maximum Gasteiger partial charge on any atom is 0.323 e. The molecule has 1 atom stereocenters. The summed E-state index contributed by atoms with van der Waals surface area (Å²) in [4.78, 5) is 10.6. The lowest BCUT2D eigenvalue weighted by Crippen LogP contribution is -2.49. The molecule has 1 fully saturated rings. The fourth-order valence-electron chi connectivity index (χ4n) is 1.21. The Morgan fingerprint density at radius 2 is 2.30 bits per heavy atom. The van der Waals surface area contributed by atoms with Crippen LogP contribution in [0, 0.1) is 5.92 Å². The van der Waals surface area contributed by atoms with Gasteiger partial charge in [-0.05, 0) is 25.2 Å². The van der Waals surface area contributed by atoms with Gasteiger partial charge in [0.2, 0.25) is 0 Å². The molecule has 0 aromatic heterocycles. The molecule has 0 heterocycles. The molecule has 0 aliphatic heterocycles. The minimum Gasteiger partial charge on any atom is -0.480 e. The van der Waals surface area contributed by atoms with Crippen LogP contribution in [0.1, 0.15) is 26.2 Å². The van der Waals surface area contributed by atoms with Crippen LogP contribution in [0.25, 0.3) is 0 Å². The molecule has 0 bridgehead atoms. The Hall–Kier alpha value is -0.570. The number of hydrogen-bond donors (Lipinski definition) is 2. The molecule has 3 heteroatoms. The number of carbonyl (C=O) groups is 1. The van der Waals surface area contributed by atoms with Gasteiger partial charge < -0.3 is 10.8 Å². The molecule has 1 aliphatic rings. The van der Waals surface area contributed by atoms with E-state index >= 15 is 0 Å². The number of carboxylic acid groups (broad SMARTS) is 1. The molecule has 3 N–H and O–H groups in total. The standard InChI is InChI=1S/C7H13NO2/c1-2-7(8,6(9)10)5-3-4-5/h5H,2-4,8H2,1H3,(H,9,10). The first-order valence-electron chi connectivity index (χ1n) is 3.63. The molecular weight excluding hydrogens is 130 g/mol. The summed E-state index contributed by atoms with van der Waals surface area (Å²) < 4.78 is 0. The van der Waals surface area contributed by atoms with E-state index in [1.165, 1.54) is 0 Å². The van der Waals surface area contributed by atoms with Crippen LogP contribution >= 0.6 is 0 Å². The van der Waals surface area contributed by atoms with Gasteiger partial charge in [0.05, 0.1) is 0 Å². The average molecular weight is 143 g/mol. The lowest BCUT2D eigenvalue weighted by Gasteiger charge is -2.21. The summed E-state index contributed by atoms with van der Waals surface area (Å²) in [6.45, 7) is 1.83. The summed E-state index contributed by atoms with van der Waals surface area (Å²) >= 11 is 0. The van der Waals surface area contributed by atoms with Gasteiger partial charge in [-0.25, -0.2) is 0 Å². The number of carboxylic acids is 1. The third kappa shape index (κ3) is 1.01. The van der Waals surface area contributed by atoms with Gasteiger partial charge in [0.15, 0.2) is 0 Å². The lowest BCUT2D eigenvalue weighted by atomic mass is 9.92. The number of hydrogen-bond acceptors (Lipinski definition) is 2. The van der Waals surface area contributed by atoms with E-state index < -0.39 is 11.5 Å². The Labute approximate surface area is 60.2 Å². The highest BCUT2D eigenvalue weighted by Crippen LogP contribution is 2.39. The molecule has 0 amide bonds. The van der Waals surface area contributed by atoms with Gasteiger partial charge in [-0.1, -0.05) is 6.92 Å². The van der Waals surface area contributed by atoms with Crippen LogP contribution in [0.3, 0.4) is 0 Å². The van der Waals surface area contributed by atoms with Crippen LogP contribution < -0.4 is 5.73 Å². The molecule has 1 saturated carbocycles. The largest absolute Gasteiger partial charge is 0.480 e. The summed E-state index contributed by atoms with van der Waals surface area (Å²) in [7, 11) is 0. The highest BCUT2D eigenvalue weighted by molar-refractivity contribution is 5.79. The monoisotopic (exact) mass is 143 g/mol. The molecule has 0 aromatic rings. The van der Waals surface area contributed by atoms with Crippen LogP contribution in [0.5, 0.6) is 0 Å². The Bertz CT molecular complexity index is 154.